The number of fused-ring (bicyclic) bond motifs is 1. The van der Waals surface area contributed by atoms with Crippen LogP contribution in [-0.2, 0) is 19.4 Å². The lowest BCUT2D eigenvalue weighted by atomic mass is 10.0. The summed E-state index contributed by atoms with van der Waals surface area (Å²) in [5.41, 5.74) is 4.47. The highest BCUT2D eigenvalue weighted by Crippen LogP contribution is 2.26. The first kappa shape index (κ1) is 13.5. The molecule has 0 radical (unpaired) electrons. The summed E-state index contributed by atoms with van der Waals surface area (Å²) < 4.78 is 2.27. The summed E-state index contributed by atoms with van der Waals surface area (Å²) in [6.07, 6.45) is 1.86. The number of hydrogen-bond donors (Lipinski definition) is 0. The molecule has 2 heteroatoms. The standard InChI is InChI=1S/C19H18N2/c1-2-21-18-11-7-6-10-16(18)17(14-20)19(21)13-12-15-8-4-3-5-9-15/h3-11H,2,12-13H2,1H3. The Morgan fingerprint density at radius 3 is 2.38 bits per heavy atom. The molecular weight excluding hydrogens is 256 g/mol. The zero-order valence-electron chi connectivity index (χ0n) is 12.2. The minimum Gasteiger partial charge on any atom is -0.344 e. The average molecular weight is 274 g/mol. The molecule has 0 amide bonds. The summed E-state index contributed by atoms with van der Waals surface area (Å²) in [5, 5.41) is 10.6. The molecule has 0 atom stereocenters. The predicted molar refractivity (Wildman–Crippen MR) is 86.2 cm³/mol. The van der Waals surface area contributed by atoms with E-state index in [1.54, 1.807) is 0 Å². The van der Waals surface area contributed by atoms with Crippen LogP contribution >= 0.6 is 0 Å². The number of aromatic nitrogens is 1. The predicted octanol–water partition coefficient (Wildman–Crippen LogP) is 4.32. The monoisotopic (exact) mass is 274 g/mol. The van der Waals surface area contributed by atoms with Gasteiger partial charge in [-0.2, -0.15) is 5.26 Å². The van der Waals surface area contributed by atoms with Crippen molar-refractivity contribution in [3.05, 3.63) is 71.4 Å². The summed E-state index contributed by atoms with van der Waals surface area (Å²) in [6, 6.07) is 21.1. The van der Waals surface area contributed by atoms with Gasteiger partial charge in [0, 0.05) is 23.1 Å². The van der Waals surface area contributed by atoms with Crippen molar-refractivity contribution in [2.45, 2.75) is 26.3 Å². The summed E-state index contributed by atoms with van der Waals surface area (Å²) >= 11 is 0. The van der Waals surface area contributed by atoms with Crippen LogP contribution in [0.5, 0.6) is 0 Å². The zero-order valence-corrected chi connectivity index (χ0v) is 12.2. The maximum Gasteiger partial charge on any atom is 0.102 e. The normalized spacial score (nSPS) is 10.7. The molecule has 2 aromatic carbocycles. The average Bonchev–Trinajstić information content (AvgIpc) is 2.86. The van der Waals surface area contributed by atoms with E-state index in [4.69, 9.17) is 0 Å². The van der Waals surface area contributed by atoms with Crippen molar-refractivity contribution >= 4 is 10.9 Å². The highest BCUT2D eigenvalue weighted by molar-refractivity contribution is 5.88. The first-order valence-corrected chi connectivity index (χ1v) is 7.39. The number of nitriles is 1. The zero-order chi connectivity index (χ0) is 14.7. The largest absolute Gasteiger partial charge is 0.344 e. The van der Waals surface area contributed by atoms with E-state index in [-0.39, 0.29) is 0 Å². The maximum absolute atomic E-state index is 9.56. The Hall–Kier alpha value is -2.53. The van der Waals surface area contributed by atoms with Crippen molar-refractivity contribution in [3.63, 3.8) is 0 Å². The van der Waals surface area contributed by atoms with Gasteiger partial charge >= 0.3 is 0 Å². The fourth-order valence-corrected chi connectivity index (χ4v) is 3.01. The van der Waals surface area contributed by atoms with Crippen molar-refractivity contribution in [2.75, 3.05) is 0 Å². The number of benzene rings is 2. The lowest BCUT2D eigenvalue weighted by Gasteiger charge is -2.08. The van der Waals surface area contributed by atoms with E-state index in [2.05, 4.69) is 47.9 Å². The molecule has 21 heavy (non-hydrogen) atoms. The smallest absolute Gasteiger partial charge is 0.102 e. The molecule has 3 rings (SSSR count). The van der Waals surface area contributed by atoms with Gasteiger partial charge in [0.15, 0.2) is 0 Å². The van der Waals surface area contributed by atoms with Gasteiger partial charge in [0.2, 0.25) is 0 Å². The van der Waals surface area contributed by atoms with Crippen LogP contribution in [0.4, 0.5) is 0 Å². The number of rotatable bonds is 4. The molecule has 0 bridgehead atoms. The molecule has 1 aromatic heterocycles. The first-order chi connectivity index (χ1) is 10.3. The molecule has 0 saturated heterocycles. The number of aryl methyl sites for hydroxylation is 2. The van der Waals surface area contributed by atoms with E-state index in [1.807, 2.05) is 24.3 Å². The molecule has 3 aromatic rings. The van der Waals surface area contributed by atoms with E-state index in [1.165, 1.54) is 11.1 Å². The molecular formula is C19H18N2. The first-order valence-electron chi connectivity index (χ1n) is 7.39. The van der Waals surface area contributed by atoms with Crippen molar-refractivity contribution in [1.82, 2.24) is 4.57 Å². The summed E-state index contributed by atoms with van der Waals surface area (Å²) in [7, 11) is 0. The molecule has 0 aliphatic carbocycles. The SMILES string of the molecule is CCn1c(CCc2ccccc2)c(C#N)c2ccccc21. The molecule has 0 spiro atoms. The van der Waals surface area contributed by atoms with Gasteiger partial charge in [-0.25, -0.2) is 0 Å². The van der Waals surface area contributed by atoms with Crippen molar-refractivity contribution in [1.29, 1.82) is 5.26 Å². The second-order valence-electron chi connectivity index (χ2n) is 5.18. The fourth-order valence-electron chi connectivity index (χ4n) is 3.01. The third kappa shape index (κ3) is 2.43. The fraction of sp³-hybridized carbons (Fsp3) is 0.211. The minimum atomic E-state index is 0.836. The lowest BCUT2D eigenvalue weighted by molar-refractivity contribution is 0.727. The molecule has 0 fully saturated rings. The Kier molecular flexibility index (Phi) is 3.75. The molecule has 2 nitrogen and oxygen atoms in total. The number of nitrogens with zero attached hydrogens (tertiary/aromatic N) is 2. The summed E-state index contributed by atoms with van der Waals surface area (Å²) in [6.45, 7) is 3.03. The van der Waals surface area contributed by atoms with Gasteiger partial charge in [-0.1, -0.05) is 48.5 Å². The maximum atomic E-state index is 9.56. The van der Waals surface area contributed by atoms with Gasteiger partial charge in [0.25, 0.3) is 0 Å². The summed E-state index contributed by atoms with van der Waals surface area (Å²) in [5.74, 6) is 0. The number of para-hydroxylation sites is 1. The highest BCUT2D eigenvalue weighted by atomic mass is 15.0. The highest BCUT2D eigenvalue weighted by Gasteiger charge is 2.15. The van der Waals surface area contributed by atoms with Crippen LogP contribution in [0.15, 0.2) is 54.6 Å². The molecule has 0 aliphatic heterocycles. The van der Waals surface area contributed by atoms with E-state index in [9.17, 15) is 5.26 Å². The molecule has 0 unspecified atom stereocenters. The van der Waals surface area contributed by atoms with Crippen molar-refractivity contribution < 1.29 is 0 Å². The van der Waals surface area contributed by atoms with E-state index >= 15 is 0 Å². The Labute approximate surface area is 125 Å². The van der Waals surface area contributed by atoms with E-state index in [0.717, 1.165) is 36.0 Å². The van der Waals surface area contributed by atoms with Crippen LogP contribution < -0.4 is 0 Å². The van der Waals surface area contributed by atoms with Gasteiger partial charge in [0.1, 0.15) is 6.07 Å². The Bertz CT molecular complexity index is 792. The lowest BCUT2D eigenvalue weighted by Crippen LogP contribution is -2.03. The second kappa shape index (κ2) is 5.85. The van der Waals surface area contributed by atoms with Gasteiger partial charge in [-0.3, -0.25) is 0 Å². The Balaban J connectivity index is 2.03. The Morgan fingerprint density at radius 1 is 0.952 bits per heavy atom. The molecule has 104 valence electrons. The van der Waals surface area contributed by atoms with Crippen molar-refractivity contribution in [2.24, 2.45) is 0 Å². The van der Waals surface area contributed by atoms with Crippen LogP contribution in [0.25, 0.3) is 10.9 Å². The van der Waals surface area contributed by atoms with E-state index in [0.29, 0.717) is 0 Å². The van der Waals surface area contributed by atoms with Crippen LogP contribution in [-0.4, -0.2) is 4.57 Å². The van der Waals surface area contributed by atoms with Gasteiger partial charge in [0.05, 0.1) is 5.56 Å². The van der Waals surface area contributed by atoms with E-state index < -0.39 is 0 Å². The molecule has 0 aliphatic rings. The molecule has 0 N–H and O–H groups in total. The van der Waals surface area contributed by atoms with Crippen LogP contribution in [0.1, 0.15) is 23.7 Å². The van der Waals surface area contributed by atoms with Gasteiger partial charge < -0.3 is 4.57 Å². The quantitative estimate of drug-likeness (QED) is 0.696. The molecule has 1 heterocycles. The minimum absolute atomic E-state index is 0.836. The van der Waals surface area contributed by atoms with Crippen molar-refractivity contribution in [3.8, 4) is 6.07 Å². The molecule has 0 saturated carbocycles. The van der Waals surface area contributed by atoms with Crippen LogP contribution in [0.3, 0.4) is 0 Å². The third-order valence-corrected chi connectivity index (χ3v) is 4.00. The summed E-state index contributed by atoms with van der Waals surface area (Å²) in [4.78, 5) is 0. The van der Waals surface area contributed by atoms with Crippen LogP contribution in [0.2, 0.25) is 0 Å². The third-order valence-electron chi connectivity index (χ3n) is 4.00. The Morgan fingerprint density at radius 2 is 1.67 bits per heavy atom. The number of hydrogen-bond acceptors (Lipinski definition) is 1. The van der Waals surface area contributed by atoms with Crippen LogP contribution in [0, 0.1) is 11.3 Å². The van der Waals surface area contributed by atoms with Gasteiger partial charge in [-0.15, -0.1) is 0 Å². The second-order valence-corrected chi connectivity index (χ2v) is 5.18. The van der Waals surface area contributed by atoms with Gasteiger partial charge in [-0.05, 0) is 31.4 Å². The topological polar surface area (TPSA) is 28.7 Å².